The average Bonchev–Trinajstić information content (AvgIpc) is 3.67. The highest BCUT2D eigenvalue weighted by Gasteiger charge is 2.52. The van der Waals surface area contributed by atoms with Crippen LogP contribution >= 0.6 is 11.6 Å². The van der Waals surface area contributed by atoms with Gasteiger partial charge < -0.3 is 9.47 Å². The first-order chi connectivity index (χ1) is 18.7. The molecular weight excluding hydrogens is 542 g/mol. The van der Waals surface area contributed by atoms with Gasteiger partial charge in [-0.25, -0.2) is 18.4 Å². The fraction of sp³-hybridized carbons (Fsp3) is 0.346. The minimum absolute atomic E-state index is 0.00563. The lowest BCUT2D eigenvalue weighted by Gasteiger charge is -2.23. The summed E-state index contributed by atoms with van der Waals surface area (Å²) in [5.41, 5.74) is 0.757. The molecule has 2 unspecified atom stereocenters. The molecule has 4 aromatic rings. The largest absolute Gasteiger partial charge is 0.494 e. The predicted molar refractivity (Wildman–Crippen MR) is 146 cm³/mol. The smallest absolute Gasteiger partial charge is 0.243 e. The molecule has 1 aliphatic carbocycles. The number of nitrogens with zero attached hydrogens (tertiary/aromatic N) is 6. The monoisotopic (exact) mass is 569 g/mol. The number of ether oxygens (including phenoxy) is 2. The molecule has 1 saturated carbocycles. The number of para-hydroxylation sites is 1. The zero-order chi connectivity index (χ0) is 27.8. The standard InChI is InChI=1S/C26H28ClN7O4S/c1-16(23-29-14-18(27)15-30-23)17(2)39(35,36)33-25-32-31-24(26(11-12-26)21-10-5-6-13-28-21)34(25)22-19(37-3)8-7-9-20(22)38-4/h5-10,13-17H,11-12H2,1-4H3,(H,32,33). The second-order valence-corrected chi connectivity index (χ2v) is 11.9. The molecule has 0 amide bonds. The van der Waals surface area contributed by atoms with Gasteiger partial charge in [0, 0.05) is 24.5 Å². The van der Waals surface area contributed by atoms with Crippen molar-refractivity contribution in [3.05, 3.63) is 77.4 Å². The summed E-state index contributed by atoms with van der Waals surface area (Å²) in [6, 6.07) is 11.0. The topological polar surface area (TPSA) is 134 Å². The minimum atomic E-state index is -4.00. The summed E-state index contributed by atoms with van der Waals surface area (Å²) in [7, 11) is -0.930. The van der Waals surface area contributed by atoms with Gasteiger partial charge >= 0.3 is 0 Å². The van der Waals surface area contributed by atoms with Crippen LogP contribution in [-0.2, 0) is 15.4 Å². The van der Waals surface area contributed by atoms with E-state index in [1.165, 1.54) is 26.6 Å². The van der Waals surface area contributed by atoms with Gasteiger partial charge in [0.25, 0.3) is 0 Å². The van der Waals surface area contributed by atoms with Crippen molar-refractivity contribution in [2.75, 3.05) is 18.9 Å². The Labute approximate surface area is 231 Å². The van der Waals surface area contributed by atoms with Gasteiger partial charge in [0.15, 0.2) is 5.82 Å². The number of methoxy groups -OCH3 is 2. The molecule has 1 aromatic carbocycles. The van der Waals surface area contributed by atoms with E-state index < -0.39 is 26.6 Å². The Morgan fingerprint density at radius 2 is 1.64 bits per heavy atom. The van der Waals surface area contributed by atoms with Gasteiger partial charge in [0.1, 0.15) is 23.0 Å². The Kier molecular flexibility index (Phi) is 7.17. The van der Waals surface area contributed by atoms with Gasteiger partial charge in [-0.2, -0.15) is 0 Å². The number of hydrogen-bond donors (Lipinski definition) is 1. The maximum absolute atomic E-state index is 13.7. The molecule has 0 radical (unpaired) electrons. The highest BCUT2D eigenvalue weighted by atomic mass is 35.5. The van der Waals surface area contributed by atoms with E-state index in [1.54, 1.807) is 42.8 Å². The Morgan fingerprint density at radius 1 is 0.974 bits per heavy atom. The van der Waals surface area contributed by atoms with E-state index in [9.17, 15) is 8.42 Å². The van der Waals surface area contributed by atoms with Crippen LogP contribution in [0.5, 0.6) is 11.5 Å². The first-order valence-corrected chi connectivity index (χ1v) is 14.2. The molecule has 39 heavy (non-hydrogen) atoms. The number of pyridine rings is 1. The second-order valence-electron chi connectivity index (χ2n) is 9.39. The van der Waals surface area contributed by atoms with E-state index in [0.29, 0.717) is 33.9 Å². The lowest BCUT2D eigenvalue weighted by atomic mass is 10.0. The van der Waals surface area contributed by atoms with E-state index in [1.807, 2.05) is 18.2 Å². The lowest BCUT2D eigenvalue weighted by molar-refractivity contribution is 0.390. The van der Waals surface area contributed by atoms with Crippen molar-refractivity contribution in [1.29, 1.82) is 0 Å². The number of sulfonamides is 1. The number of nitrogens with one attached hydrogen (secondary N) is 1. The lowest BCUT2D eigenvalue weighted by Crippen LogP contribution is -2.31. The molecule has 1 fully saturated rings. The number of rotatable bonds is 10. The van der Waals surface area contributed by atoms with Crippen molar-refractivity contribution < 1.29 is 17.9 Å². The first kappa shape index (κ1) is 26.8. The Hall–Kier alpha value is -3.77. The van der Waals surface area contributed by atoms with Crippen molar-refractivity contribution in [3.8, 4) is 17.2 Å². The highest BCUT2D eigenvalue weighted by Crippen LogP contribution is 2.53. The first-order valence-electron chi connectivity index (χ1n) is 12.3. The molecule has 1 N–H and O–H groups in total. The van der Waals surface area contributed by atoms with E-state index in [4.69, 9.17) is 21.1 Å². The molecule has 11 nitrogen and oxygen atoms in total. The molecule has 1 aliphatic rings. The SMILES string of the molecule is COc1cccc(OC)c1-n1c(NS(=O)(=O)C(C)C(C)c2ncc(Cl)cn2)nnc1C1(c2ccccn2)CC1. The fourth-order valence-electron chi connectivity index (χ4n) is 4.55. The summed E-state index contributed by atoms with van der Waals surface area (Å²) in [6.07, 6.45) is 6.15. The molecule has 13 heteroatoms. The van der Waals surface area contributed by atoms with E-state index in [-0.39, 0.29) is 5.95 Å². The van der Waals surface area contributed by atoms with Gasteiger partial charge in [0.2, 0.25) is 16.0 Å². The van der Waals surface area contributed by atoms with Crippen molar-refractivity contribution in [2.45, 2.75) is 43.3 Å². The number of anilines is 1. The molecule has 5 rings (SSSR count). The van der Waals surface area contributed by atoms with Crippen LogP contribution in [0.25, 0.3) is 5.69 Å². The van der Waals surface area contributed by atoms with Crippen molar-refractivity contribution in [2.24, 2.45) is 0 Å². The van der Waals surface area contributed by atoms with Crippen LogP contribution in [0.4, 0.5) is 5.95 Å². The average molecular weight is 570 g/mol. The van der Waals surface area contributed by atoms with Gasteiger partial charge in [-0.05, 0) is 44.0 Å². The van der Waals surface area contributed by atoms with Crippen molar-refractivity contribution >= 4 is 27.6 Å². The Bertz CT molecular complexity index is 1550. The number of aromatic nitrogens is 6. The molecular formula is C26H28ClN7O4S. The maximum atomic E-state index is 13.7. The zero-order valence-corrected chi connectivity index (χ0v) is 23.4. The third-order valence-corrected chi connectivity index (χ3v) is 9.15. The van der Waals surface area contributed by atoms with Crippen LogP contribution in [0.2, 0.25) is 5.02 Å². The van der Waals surface area contributed by atoms with Crippen LogP contribution in [0, 0.1) is 0 Å². The molecule has 0 saturated heterocycles. The minimum Gasteiger partial charge on any atom is -0.494 e. The van der Waals surface area contributed by atoms with Crippen LogP contribution in [0.15, 0.2) is 55.0 Å². The van der Waals surface area contributed by atoms with Crippen LogP contribution in [0.1, 0.15) is 49.9 Å². The highest BCUT2D eigenvalue weighted by molar-refractivity contribution is 7.93. The molecule has 0 aliphatic heterocycles. The summed E-state index contributed by atoms with van der Waals surface area (Å²) in [4.78, 5) is 13.0. The number of halogens is 1. The number of benzene rings is 1. The molecule has 0 bridgehead atoms. The molecule has 3 aromatic heterocycles. The summed E-state index contributed by atoms with van der Waals surface area (Å²) < 4.78 is 43.0. The van der Waals surface area contributed by atoms with Crippen LogP contribution in [-0.4, -0.2) is 57.6 Å². The molecule has 0 spiro atoms. The zero-order valence-electron chi connectivity index (χ0n) is 21.9. The molecule has 3 heterocycles. The predicted octanol–water partition coefficient (Wildman–Crippen LogP) is 4.14. The molecule has 204 valence electrons. The normalized spacial score (nSPS) is 15.8. The van der Waals surface area contributed by atoms with Gasteiger partial charge in [-0.3, -0.25) is 14.3 Å². The van der Waals surface area contributed by atoms with E-state index in [2.05, 4.69) is 29.9 Å². The second kappa shape index (κ2) is 10.4. The van der Waals surface area contributed by atoms with Crippen LogP contribution in [0.3, 0.4) is 0 Å². The molecule has 2 atom stereocenters. The van der Waals surface area contributed by atoms with Crippen LogP contribution < -0.4 is 14.2 Å². The third kappa shape index (κ3) is 4.89. The van der Waals surface area contributed by atoms with Gasteiger partial charge in [-0.15, -0.1) is 10.2 Å². The van der Waals surface area contributed by atoms with Crippen molar-refractivity contribution in [1.82, 2.24) is 29.7 Å². The summed E-state index contributed by atoms with van der Waals surface area (Å²) in [6.45, 7) is 3.33. The third-order valence-electron chi connectivity index (χ3n) is 7.10. The van der Waals surface area contributed by atoms with E-state index in [0.717, 1.165) is 18.5 Å². The fourth-order valence-corrected chi connectivity index (χ4v) is 5.87. The summed E-state index contributed by atoms with van der Waals surface area (Å²) >= 11 is 5.91. The van der Waals surface area contributed by atoms with Gasteiger partial charge in [-0.1, -0.05) is 30.7 Å². The maximum Gasteiger partial charge on any atom is 0.243 e. The Balaban J connectivity index is 1.62. The van der Waals surface area contributed by atoms with Gasteiger partial charge in [0.05, 0.1) is 35.6 Å². The van der Waals surface area contributed by atoms with Crippen molar-refractivity contribution in [3.63, 3.8) is 0 Å². The number of hydrogen-bond acceptors (Lipinski definition) is 9. The Morgan fingerprint density at radius 3 is 2.21 bits per heavy atom. The summed E-state index contributed by atoms with van der Waals surface area (Å²) in [5.74, 6) is 1.28. The summed E-state index contributed by atoms with van der Waals surface area (Å²) in [5, 5.41) is 8.28. The quantitative estimate of drug-likeness (QED) is 0.299. The van der Waals surface area contributed by atoms with E-state index >= 15 is 0 Å².